The van der Waals surface area contributed by atoms with Gasteiger partial charge in [-0.05, 0) is 43.3 Å². The van der Waals surface area contributed by atoms with Gasteiger partial charge < -0.3 is 9.15 Å². The lowest BCUT2D eigenvalue weighted by Crippen LogP contribution is -2.24. The number of ether oxygens (including phenoxy) is 1. The Hall–Kier alpha value is -2.59. The molecule has 3 rings (SSSR count). The number of hydrogen-bond donors (Lipinski definition) is 0. The van der Waals surface area contributed by atoms with Gasteiger partial charge in [-0.3, -0.25) is 4.90 Å². The molecule has 24 heavy (non-hydrogen) atoms. The van der Waals surface area contributed by atoms with Crippen LogP contribution in [0.4, 0.5) is 0 Å². The van der Waals surface area contributed by atoms with Crippen molar-refractivity contribution in [2.24, 2.45) is 0 Å². The lowest BCUT2D eigenvalue weighted by atomic mass is 10.1. The molecule has 1 heterocycles. The molecule has 124 valence electrons. The van der Waals surface area contributed by atoms with E-state index in [1.807, 2.05) is 62.5 Å². The molecule has 4 nitrogen and oxygen atoms in total. The van der Waals surface area contributed by atoms with Crippen molar-refractivity contribution in [1.29, 1.82) is 0 Å². The minimum absolute atomic E-state index is 0.308. The molecule has 0 fully saturated rings. The maximum Gasteiger partial charge on any atom is 0.336 e. The molecule has 3 aromatic rings. The standard InChI is InChI=1S/C20H21NO3/c1-15-8-9-18-16(13-20(22)24-19(18)12-15)14-21(2)10-11-23-17-6-4-3-5-7-17/h3-9,12-13H,10-11,14H2,1-2H3. The fourth-order valence-electron chi connectivity index (χ4n) is 2.67. The number of likely N-dealkylation sites (N-methyl/N-ethyl adjacent to an activating group) is 1. The Morgan fingerprint density at radius 3 is 2.67 bits per heavy atom. The van der Waals surface area contributed by atoms with E-state index in [1.165, 1.54) is 0 Å². The largest absolute Gasteiger partial charge is 0.492 e. The first-order valence-corrected chi connectivity index (χ1v) is 8.01. The minimum Gasteiger partial charge on any atom is -0.492 e. The lowest BCUT2D eigenvalue weighted by molar-refractivity contribution is 0.233. The zero-order valence-electron chi connectivity index (χ0n) is 14.0. The zero-order valence-corrected chi connectivity index (χ0v) is 14.0. The van der Waals surface area contributed by atoms with Gasteiger partial charge in [0.25, 0.3) is 0 Å². The number of benzene rings is 2. The van der Waals surface area contributed by atoms with Crippen LogP contribution in [0.2, 0.25) is 0 Å². The van der Waals surface area contributed by atoms with Crippen LogP contribution in [0, 0.1) is 6.92 Å². The van der Waals surface area contributed by atoms with Gasteiger partial charge in [-0.2, -0.15) is 0 Å². The van der Waals surface area contributed by atoms with E-state index in [2.05, 4.69) is 4.90 Å². The summed E-state index contributed by atoms with van der Waals surface area (Å²) >= 11 is 0. The number of rotatable bonds is 6. The molecule has 0 aliphatic rings. The van der Waals surface area contributed by atoms with E-state index in [1.54, 1.807) is 6.07 Å². The van der Waals surface area contributed by atoms with E-state index in [-0.39, 0.29) is 5.63 Å². The maximum absolute atomic E-state index is 11.8. The van der Waals surface area contributed by atoms with Crippen LogP contribution < -0.4 is 10.4 Å². The van der Waals surface area contributed by atoms with E-state index < -0.39 is 0 Å². The SMILES string of the molecule is Cc1ccc2c(CN(C)CCOc3ccccc3)cc(=O)oc2c1. The zero-order chi connectivity index (χ0) is 16.9. The van der Waals surface area contributed by atoms with E-state index in [4.69, 9.17) is 9.15 Å². The number of para-hydroxylation sites is 1. The van der Waals surface area contributed by atoms with Gasteiger partial charge in [-0.1, -0.05) is 30.3 Å². The first-order chi connectivity index (χ1) is 11.6. The third-order valence-corrected chi connectivity index (χ3v) is 3.91. The molecule has 0 aliphatic heterocycles. The van der Waals surface area contributed by atoms with Crippen LogP contribution in [-0.4, -0.2) is 25.1 Å². The van der Waals surface area contributed by atoms with Crippen molar-refractivity contribution in [3.8, 4) is 5.75 Å². The highest BCUT2D eigenvalue weighted by atomic mass is 16.5. The molecule has 0 bridgehead atoms. The van der Waals surface area contributed by atoms with Crippen LogP contribution in [0.1, 0.15) is 11.1 Å². The van der Waals surface area contributed by atoms with Crippen molar-refractivity contribution < 1.29 is 9.15 Å². The molecule has 0 saturated carbocycles. The van der Waals surface area contributed by atoms with Crippen LogP contribution >= 0.6 is 0 Å². The third-order valence-electron chi connectivity index (χ3n) is 3.91. The van der Waals surface area contributed by atoms with E-state index in [0.29, 0.717) is 18.7 Å². The van der Waals surface area contributed by atoms with Crippen molar-refractivity contribution in [3.05, 3.63) is 76.1 Å². The Balaban J connectivity index is 1.67. The average Bonchev–Trinajstić information content (AvgIpc) is 2.55. The van der Waals surface area contributed by atoms with E-state index in [0.717, 1.165) is 28.8 Å². The molecule has 0 aliphatic carbocycles. The number of hydrogen-bond acceptors (Lipinski definition) is 4. The highest BCUT2D eigenvalue weighted by Crippen LogP contribution is 2.19. The Labute approximate surface area is 141 Å². The molecular weight excluding hydrogens is 302 g/mol. The quantitative estimate of drug-likeness (QED) is 0.650. The summed E-state index contributed by atoms with van der Waals surface area (Å²) in [7, 11) is 2.02. The molecule has 0 radical (unpaired) electrons. The summed E-state index contributed by atoms with van der Waals surface area (Å²) in [6.45, 7) is 4.02. The lowest BCUT2D eigenvalue weighted by Gasteiger charge is -2.18. The van der Waals surface area contributed by atoms with Crippen molar-refractivity contribution in [2.75, 3.05) is 20.2 Å². The van der Waals surface area contributed by atoms with Gasteiger partial charge in [-0.15, -0.1) is 0 Å². The fraction of sp³-hybridized carbons (Fsp3) is 0.250. The topological polar surface area (TPSA) is 42.7 Å². The summed E-state index contributed by atoms with van der Waals surface area (Å²) in [5.74, 6) is 0.868. The van der Waals surface area contributed by atoms with Crippen molar-refractivity contribution in [3.63, 3.8) is 0 Å². The predicted molar refractivity (Wildman–Crippen MR) is 95.5 cm³/mol. The summed E-state index contributed by atoms with van der Waals surface area (Å²) in [5, 5.41) is 0.982. The van der Waals surface area contributed by atoms with Crippen LogP contribution in [0.5, 0.6) is 5.75 Å². The molecule has 1 aromatic heterocycles. The van der Waals surface area contributed by atoms with Crippen LogP contribution in [-0.2, 0) is 6.54 Å². The second-order valence-electron chi connectivity index (χ2n) is 5.99. The second kappa shape index (κ2) is 7.32. The molecular formula is C20H21NO3. The summed E-state index contributed by atoms with van der Waals surface area (Å²) in [6.07, 6.45) is 0. The Kier molecular flexibility index (Phi) is 4.96. The number of aryl methyl sites for hydroxylation is 1. The molecule has 0 amide bonds. The van der Waals surface area contributed by atoms with Gasteiger partial charge in [0.15, 0.2) is 0 Å². The van der Waals surface area contributed by atoms with Crippen LogP contribution in [0.15, 0.2) is 63.8 Å². The molecule has 0 saturated heterocycles. The van der Waals surface area contributed by atoms with Crippen molar-refractivity contribution >= 4 is 11.0 Å². The van der Waals surface area contributed by atoms with Crippen LogP contribution in [0.3, 0.4) is 0 Å². The average molecular weight is 323 g/mol. The smallest absolute Gasteiger partial charge is 0.336 e. The summed E-state index contributed by atoms with van der Waals surface area (Å²) in [6, 6.07) is 17.3. The fourth-order valence-corrected chi connectivity index (χ4v) is 2.67. The molecule has 0 atom stereocenters. The van der Waals surface area contributed by atoms with E-state index >= 15 is 0 Å². The first kappa shape index (κ1) is 16.3. The van der Waals surface area contributed by atoms with Gasteiger partial charge in [0.2, 0.25) is 0 Å². The molecule has 0 N–H and O–H groups in total. The van der Waals surface area contributed by atoms with Gasteiger partial charge in [0.05, 0.1) is 0 Å². The third kappa shape index (κ3) is 4.03. The molecule has 0 spiro atoms. The summed E-state index contributed by atoms with van der Waals surface area (Å²) < 4.78 is 11.0. The van der Waals surface area contributed by atoms with Gasteiger partial charge >= 0.3 is 5.63 Å². The monoisotopic (exact) mass is 323 g/mol. The summed E-state index contributed by atoms with van der Waals surface area (Å²) in [5.41, 5.74) is 2.39. The van der Waals surface area contributed by atoms with Gasteiger partial charge in [0, 0.05) is 24.5 Å². The predicted octanol–water partition coefficient (Wildman–Crippen LogP) is 3.61. The first-order valence-electron chi connectivity index (χ1n) is 8.01. The highest BCUT2D eigenvalue weighted by molar-refractivity contribution is 5.80. The Morgan fingerprint density at radius 1 is 1.08 bits per heavy atom. The Morgan fingerprint density at radius 2 is 1.88 bits per heavy atom. The minimum atomic E-state index is -0.308. The number of fused-ring (bicyclic) bond motifs is 1. The van der Waals surface area contributed by atoms with Gasteiger partial charge in [0.1, 0.15) is 17.9 Å². The number of nitrogens with zero attached hydrogens (tertiary/aromatic N) is 1. The van der Waals surface area contributed by atoms with Crippen LogP contribution in [0.25, 0.3) is 11.0 Å². The van der Waals surface area contributed by atoms with Crippen molar-refractivity contribution in [2.45, 2.75) is 13.5 Å². The summed E-state index contributed by atoms with van der Waals surface area (Å²) in [4.78, 5) is 13.9. The normalized spacial score (nSPS) is 11.1. The van der Waals surface area contributed by atoms with E-state index in [9.17, 15) is 4.79 Å². The Bertz CT molecular complexity index is 871. The molecule has 2 aromatic carbocycles. The molecule has 0 unspecified atom stereocenters. The highest BCUT2D eigenvalue weighted by Gasteiger charge is 2.08. The second-order valence-corrected chi connectivity index (χ2v) is 5.99. The maximum atomic E-state index is 11.8. The van der Waals surface area contributed by atoms with Gasteiger partial charge in [-0.25, -0.2) is 4.79 Å². The van der Waals surface area contributed by atoms with Crippen molar-refractivity contribution in [1.82, 2.24) is 4.90 Å². The molecule has 4 heteroatoms.